The van der Waals surface area contributed by atoms with Crippen LogP contribution >= 0.6 is 12.4 Å². The monoisotopic (exact) mass is 416 g/mol. The lowest BCUT2D eigenvalue weighted by Gasteiger charge is -2.31. The third-order valence-electron chi connectivity index (χ3n) is 6.13. The average Bonchev–Trinajstić information content (AvgIpc) is 3.47. The van der Waals surface area contributed by atoms with Gasteiger partial charge >= 0.3 is 0 Å². The summed E-state index contributed by atoms with van der Waals surface area (Å²) in [7, 11) is 0. The van der Waals surface area contributed by atoms with Crippen molar-refractivity contribution in [2.45, 2.75) is 50.0 Å². The van der Waals surface area contributed by atoms with E-state index < -0.39 is 5.54 Å². The Labute approximate surface area is 174 Å². The number of fused-ring (bicyclic) bond motifs is 1. The highest BCUT2D eigenvalue weighted by Crippen LogP contribution is 2.36. The molecular weight excluding hydrogens is 392 g/mol. The van der Waals surface area contributed by atoms with Crippen LogP contribution in [0.15, 0.2) is 28.9 Å². The van der Waals surface area contributed by atoms with E-state index in [4.69, 9.17) is 10.3 Å². The highest BCUT2D eigenvalue weighted by Gasteiger charge is 2.37. The molecule has 2 fully saturated rings. The minimum absolute atomic E-state index is 0. The van der Waals surface area contributed by atoms with Gasteiger partial charge in [0, 0.05) is 24.0 Å². The predicted molar refractivity (Wildman–Crippen MR) is 110 cm³/mol. The van der Waals surface area contributed by atoms with E-state index in [0.29, 0.717) is 23.8 Å². The minimum atomic E-state index is -0.452. The van der Waals surface area contributed by atoms with Crippen LogP contribution in [0.5, 0.6) is 0 Å². The van der Waals surface area contributed by atoms with Crippen molar-refractivity contribution >= 4 is 29.2 Å². The van der Waals surface area contributed by atoms with Gasteiger partial charge in [-0.05, 0) is 43.9 Å². The van der Waals surface area contributed by atoms with Crippen LogP contribution in [0.2, 0.25) is 0 Å². The molecule has 2 aliphatic rings. The first-order valence-electron chi connectivity index (χ1n) is 9.98. The van der Waals surface area contributed by atoms with Gasteiger partial charge in [-0.3, -0.25) is 9.89 Å². The van der Waals surface area contributed by atoms with Crippen LogP contribution in [0.3, 0.4) is 0 Å². The summed E-state index contributed by atoms with van der Waals surface area (Å²) in [5, 5.41) is 12.0. The summed E-state index contributed by atoms with van der Waals surface area (Å²) in [5.41, 5.74) is 7.60. The summed E-state index contributed by atoms with van der Waals surface area (Å²) in [6.45, 7) is 1.32. The molecule has 154 valence electrons. The van der Waals surface area contributed by atoms with Gasteiger partial charge in [0.2, 0.25) is 5.89 Å². The van der Waals surface area contributed by atoms with Crippen LogP contribution in [0.1, 0.15) is 66.5 Å². The summed E-state index contributed by atoms with van der Waals surface area (Å²) < 4.78 is 5.57. The number of benzene rings is 1. The molecule has 1 saturated heterocycles. The highest BCUT2D eigenvalue weighted by atomic mass is 35.5. The van der Waals surface area contributed by atoms with Crippen molar-refractivity contribution in [3.63, 3.8) is 0 Å². The largest absolute Gasteiger partial charge is 0.339 e. The number of hydrogen-bond acceptors (Lipinski definition) is 6. The second-order valence-electron chi connectivity index (χ2n) is 8.08. The molecule has 1 aromatic carbocycles. The lowest BCUT2D eigenvalue weighted by Crippen LogP contribution is -2.39. The van der Waals surface area contributed by atoms with E-state index in [1.54, 1.807) is 6.20 Å². The summed E-state index contributed by atoms with van der Waals surface area (Å²) >= 11 is 0. The fraction of sp³-hybridized carbons (Fsp3) is 0.500. The Morgan fingerprint density at radius 1 is 1.28 bits per heavy atom. The zero-order chi connectivity index (χ0) is 19.1. The molecule has 0 spiro atoms. The number of halogens is 1. The molecule has 8 nitrogen and oxygen atoms in total. The predicted octanol–water partition coefficient (Wildman–Crippen LogP) is 3.12. The molecule has 1 unspecified atom stereocenters. The van der Waals surface area contributed by atoms with Crippen LogP contribution in [0.4, 0.5) is 0 Å². The lowest BCUT2D eigenvalue weighted by molar-refractivity contribution is 0.0696. The Bertz CT molecular complexity index is 1010. The Morgan fingerprint density at radius 2 is 2.10 bits per heavy atom. The number of carbonyl (C=O) groups is 1. The molecule has 2 aromatic heterocycles. The molecular formula is C20H25ClN6O2. The topological polar surface area (TPSA) is 114 Å². The van der Waals surface area contributed by atoms with Crippen molar-refractivity contribution in [2.75, 3.05) is 13.1 Å². The highest BCUT2D eigenvalue weighted by molar-refractivity contribution is 5.97. The van der Waals surface area contributed by atoms with E-state index >= 15 is 0 Å². The van der Waals surface area contributed by atoms with Crippen LogP contribution in [0, 0.1) is 0 Å². The molecule has 1 amide bonds. The smallest absolute Gasteiger partial charge is 0.253 e. The van der Waals surface area contributed by atoms with Gasteiger partial charge in [0.05, 0.1) is 23.2 Å². The maximum Gasteiger partial charge on any atom is 0.253 e. The first-order valence-corrected chi connectivity index (χ1v) is 9.98. The number of piperidine rings is 1. The third-order valence-corrected chi connectivity index (χ3v) is 6.13. The molecule has 1 aliphatic carbocycles. The van der Waals surface area contributed by atoms with Gasteiger partial charge in [0.25, 0.3) is 5.91 Å². The lowest BCUT2D eigenvalue weighted by atomic mass is 9.96. The second-order valence-corrected chi connectivity index (χ2v) is 8.08. The van der Waals surface area contributed by atoms with Crippen LogP contribution in [-0.2, 0) is 5.54 Å². The quantitative estimate of drug-likeness (QED) is 0.678. The molecule has 3 heterocycles. The van der Waals surface area contributed by atoms with Crippen molar-refractivity contribution in [2.24, 2.45) is 5.73 Å². The number of nitrogens with two attached hydrogens (primary N) is 1. The van der Waals surface area contributed by atoms with Crippen molar-refractivity contribution in [1.29, 1.82) is 0 Å². The summed E-state index contributed by atoms with van der Waals surface area (Å²) in [6.07, 6.45) is 7.59. The number of likely N-dealkylation sites (tertiary alicyclic amines) is 1. The van der Waals surface area contributed by atoms with Crippen LogP contribution < -0.4 is 5.73 Å². The Hall–Kier alpha value is -2.45. The fourth-order valence-corrected chi connectivity index (χ4v) is 4.45. The second kappa shape index (κ2) is 7.76. The van der Waals surface area contributed by atoms with E-state index in [9.17, 15) is 4.79 Å². The molecule has 1 atom stereocenters. The number of aromatic amines is 1. The Kier molecular flexibility index (Phi) is 5.31. The van der Waals surface area contributed by atoms with Crippen molar-refractivity contribution in [3.8, 4) is 0 Å². The third kappa shape index (κ3) is 3.62. The van der Waals surface area contributed by atoms with Gasteiger partial charge < -0.3 is 15.2 Å². The van der Waals surface area contributed by atoms with E-state index in [0.717, 1.165) is 56.0 Å². The van der Waals surface area contributed by atoms with E-state index in [1.165, 1.54) is 0 Å². The number of hydrogen-bond donors (Lipinski definition) is 2. The van der Waals surface area contributed by atoms with Crippen LogP contribution in [0.25, 0.3) is 10.9 Å². The molecule has 0 radical (unpaired) electrons. The van der Waals surface area contributed by atoms with E-state index in [2.05, 4.69) is 20.3 Å². The van der Waals surface area contributed by atoms with Gasteiger partial charge in [0.15, 0.2) is 5.82 Å². The van der Waals surface area contributed by atoms with Gasteiger partial charge in [-0.15, -0.1) is 12.4 Å². The molecule has 3 aromatic rings. The maximum absolute atomic E-state index is 13.0. The first-order chi connectivity index (χ1) is 13.6. The normalized spacial score (nSPS) is 21.3. The zero-order valence-electron chi connectivity index (χ0n) is 16.1. The van der Waals surface area contributed by atoms with Gasteiger partial charge in [-0.1, -0.05) is 18.0 Å². The number of amides is 1. The fourth-order valence-electron chi connectivity index (χ4n) is 4.45. The first kappa shape index (κ1) is 19.8. The number of aromatic nitrogens is 4. The van der Waals surface area contributed by atoms with Gasteiger partial charge in [-0.25, -0.2) is 0 Å². The van der Waals surface area contributed by atoms with Crippen molar-refractivity contribution in [3.05, 3.63) is 41.7 Å². The standard InChI is InChI=1S/C20H24N6O2.ClH/c21-20(7-1-2-8-20)19-23-17(28-25-19)14-4-3-9-26(12-14)18(27)13-5-6-16-15(10-13)11-22-24-16;/h5-6,10-11,14H,1-4,7-9,12,21H2,(H,22,24);1H. The SMILES string of the molecule is Cl.NC1(c2noc(C3CCCN(C(=O)c4ccc5[nH]ncc5c4)C3)n2)CCCC1. The number of nitrogens with one attached hydrogen (secondary N) is 1. The van der Waals surface area contributed by atoms with E-state index in [1.807, 2.05) is 23.1 Å². The molecule has 3 N–H and O–H groups in total. The van der Waals surface area contributed by atoms with E-state index in [-0.39, 0.29) is 24.2 Å². The maximum atomic E-state index is 13.0. The Balaban J connectivity index is 0.00000205. The molecule has 29 heavy (non-hydrogen) atoms. The van der Waals surface area contributed by atoms with Gasteiger partial charge in [-0.2, -0.15) is 10.1 Å². The number of nitrogens with zero attached hydrogens (tertiary/aromatic N) is 4. The van der Waals surface area contributed by atoms with Crippen LogP contribution in [-0.4, -0.2) is 44.2 Å². The van der Waals surface area contributed by atoms with Gasteiger partial charge in [0.1, 0.15) is 0 Å². The van der Waals surface area contributed by atoms with Crippen molar-refractivity contribution in [1.82, 2.24) is 25.2 Å². The van der Waals surface area contributed by atoms with Crippen molar-refractivity contribution < 1.29 is 9.32 Å². The minimum Gasteiger partial charge on any atom is -0.339 e. The Morgan fingerprint density at radius 3 is 2.93 bits per heavy atom. The molecule has 9 heteroatoms. The summed E-state index contributed by atoms with van der Waals surface area (Å²) in [5.74, 6) is 1.31. The number of carbonyl (C=O) groups excluding carboxylic acids is 1. The zero-order valence-corrected chi connectivity index (χ0v) is 17.0. The summed E-state index contributed by atoms with van der Waals surface area (Å²) in [6, 6.07) is 5.62. The molecule has 5 rings (SSSR count). The molecule has 0 bridgehead atoms. The molecule has 1 saturated carbocycles. The summed E-state index contributed by atoms with van der Waals surface area (Å²) in [4.78, 5) is 19.5. The number of H-pyrrole nitrogens is 1. The molecule has 1 aliphatic heterocycles. The number of rotatable bonds is 3. The average molecular weight is 417 g/mol.